The van der Waals surface area contributed by atoms with Crippen LogP contribution in [-0.2, 0) is 4.79 Å². The molecule has 6 heteroatoms. The lowest BCUT2D eigenvalue weighted by atomic mass is 10.3. The highest BCUT2D eigenvalue weighted by Crippen LogP contribution is 2.22. The summed E-state index contributed by atoms with van der Waals surface area (Å²) in [7, 11) is 1.51. The number of rotatable bonds is 6. The molecule has 0 aliphatic rings. The zero-order valence-electron chi connectivity index (χ0n) is 8.65. The molecule has 15 heavy (non-hydrogen) atoms. The lowest BCUT2D eigenvalue weighted by Gasteiger charge is -2.23. The van der Waals surface area contributed by atoms with Gasteiger partial charge in [0, 0.05) is 19.0 Å². The predicted molar refractivity (Wildman–Crippen MR) is 52.7 cm³/mol. The molecule has 86 valence electrons. The van der Waals surface area contributed by atoms with Crippen molar-refractivity contribution in [1.82, 2.24) is 4.90 Å². The van der Waals surface area contributed by atoms with Gasteiger partial charge in [0.25, 0.3) is 0 Å². The lowest BCUT2D eigenvalue weighted by molar-refractivity contribution is -0.154. The third-order valence-electron chi connectivity index (χ3n) is 1.73. The lowest BCUT2D eigenvalue weighted by Crippen LogP contribution is -2.37. The SMILES string of the molecule is C/N=C(C)\C=C/N(C=O)C(F)(F)CCO. The number of nitrogens with zero attached hydrogens (tertiary/aromatic N) is 2. The minimum absolute atomic E-state index is 0.00903. The number of aliphatic hydroxyl groups is 1. The molecule has 0 radical (unpaired) electrons. The molecular formula is C9H14F2N2O2. The molecule has 0 aliphatic heterocycles. The summed E-state index contributed by atoms with van der Waals surface area (Å²) in [5.74, 6) is 0. The number of hydrogen-bond acceptors (Lipinski definition) is 3. The normalized spacial score (nSPS) is 13.3. The van der Waals surface area contributed by atoms with Crippen LogP contribution in [0.15, 0.2) is 17.3 Å². The molecule has 0 aliphatic carbocycles. The molecular weight excluding hydrogens is 206 g/mol. The van der Waals surface area contributed by atoms with Crippen LogP contribution in [0.2, 0.25) is 0 Å². The van der Waals surface area contributed by atoms with Crippen molar-refractivity contribution in [1.29, 1.82) is 0 Å². The summed E-state index contributed by atoms with van der Waals surface area (Å²) in [5.41, 5.74) is 0.515. The maximum absolute atomic E-state index is 13.1. The first-order valence-electron chi connectivity index (χ1n) is 4.32. The van der Waals surface area contributed by atoms with Gasteiger partial charge in [-0.15, -0.1) is 0 Å². The van der Waals surface area contributed by atoms with E-state index >= 15 is 0 Å². The van der Waals surface area contributed by atoms with E-state index in [4.69, 9.17) is 5.11 Å². The molecule has 1 N–H and O–H groups in total. The van der Waals surface area contributed by atoms with Gasteiger partial charge >= 0.3 is 6.05 Å². The summed E-state index contributed by atoms with van der Waals surface area (Å²) in [6.07, 6.45) is 1.44. The van der Waals surface area contributed by atoms with E-state index in [2.05, 4.69) is 4.99 Å². The summed E-state index contributed by atoms with van der Waals surface area (Å²) < 4.78 is 26.2. The van der Waals surface area contributed by atoms with Crippen LogP contribution in [0.1, 0.15) is 13.3 Å². The Balaban J connectivity index is 4.62. The van der Waals surface area contributed by atoms with Crippen molar-refractivity contribution in [3.8, 4) is 0 Å². The molecule has 0 saturated heterocycles. The van der Waals surface area contributed by atoms with Crippen LogP contribution < -0.4 is 0 Å². The van der Waals surface area contributed by atoms with E-state index in [9.17, 15) is 13.6 Å². The fraction of sp³-hybridized carbons (Fsp3) is 0.556. The van der Waals surface area contributed by atoms with Crippen molar-refractivity contribution >= 4 is 12.1 Å². The third-order valence-corrected chi connectivity index (χ3v) is 1.73. The van der Waals surface area contributed by atoms with Crippen molar-refractivity contribution in [3.63, 3.8) is 0 Å². The van der Waals surface area contributed by atoms with E-state index in [1.165, 1.54) is 13.1 Å². The van der Waals surface area contributed by atoms with Crippen molar-refractivity contribution in [2.75, 3.05) is 13.7 Å². The Hall–Kier alpha value is -1.30. The van der Waals surface area contributed by atoms with Gasteiger partial charge in [0.2, 0.25) is 6.41 Å². The first-order chi connectivity index (χ1) is 6.97. The molecule has 0 saturated carbocycles. The van der Waals surface area contributed by atoms with Crippen molar-refractivity contribution < 1.29 is 18.7 Å². The van der Waals surface area contributed by atoms with E-state index in [1.807, 2.05) is 0 Å². The molecule has 0 atom stereocenters. The first-order valence-corrected chi connectivity index (χ1v) is 4.32. The number of allylic oxidation sites excluding steroid dienone is 1. The van der Waals surface area contributed by atoms with Gasteiger partial charge in [-0.05, 0) is 13.0 Å². The number of carbonyl (C=O) groups is 1. The fourth-order valence-electron chi connectivity index (χ4n) is 0.748. The van der Waals surface area contributed by atoms with Gasteiger partial charge in [-0.2, -0.15) is 8.78 Å². The van der Waals surface area contributed by atoms with Crippen LogP contribution in [0.4, 0.5) is 8.78 Å². The summed E-state index contributed by atoms with van der Waals surface area (Å²) >= 11 is 0. The largest absolute Gasteiger partial charge is 0.396 e. The first kappa shape index (κ1) is 13.7. The molecule has 0 unspecified atom stereocenters. The Kier molecular flexibility index (Phi) is 5.69. The molecule has 0 aromatic rings. The molecule has 0 fully saturated rings. The molecule has 0 aromatic heterocycles. The minimum atomic E-state index is -3.37. The van der Waals surface area contributed by atoms with Gasteiger partial charge in [0.15, 0.2) is 0 Å². The van der Waals surface area contributed by atoms with Crippen LogP contribution in [-0.4, -0.2) is 41.8 Å². The second-order valence-corrected chi connectivity index (χ2v) is 2.83. The van der Waals surface area contributed by atoms with Crippen LogP contribution in [0, 0.1) is 0 Å². The Labute approximate surface area is 86.9 Å². The molecule has 0 spiro atoms. The predicted octanol–water partition coefficient (Wildman–Crippen LogP) is 1.02. The zero-order valence-corrected chi connectivity index (χ0v) is 8.65. The molecule has 0 heterocycles. The van der Waals surface area contributed by atoms with Gasteiger partial charge in [0.1, 0.15) is 0 Å². The average molecular weight is 220 g/mol. The Morgan fingerprint density at radius 1 is 1.60 bits per heavy atom. The third kappa shape index (κ3) is 4.64. The molecule has 0 bridgehead atoms. The standard InChI is InChI=1S/C9H14F2N2O2/c1-8(12-2)3-5-13(7-15)9(10,11)4-6-14/h3,5,7,14H,4,6H2,1-2H3/b5-3-,12-8-. The van der Waals surface area contributed by atoms with Crippen LogP contribution >= 0.6 is 0 Å². The summed E-state index contributed by atoms with van der Waals surface area (Å²) in [4.78, 5) is 14.3. The van der Waals surface area contributed by atoms with Crippen LogP contribution in [0.25, 0.3) is 0 Å². The van der Waals surface area contributed by atoms with E-state index in [0.717, 1.165) is 6.20 Å². The quantitative estimate of drug-likeness (QED) is 0.413. The average Bonchev–Trinajstić information content (AvgIpc) is 2.17. The van der Waals surface area contributed by atoms with Crippen molar-refractivity contribution in [2.24, 2.45) is 4.99 Å². The highest BCUT2D eigenvalue weighted by atomic mass is 19.3. The smallest absolute Gasteiger partial charge is 0.333 e. The van der Waals surface area contributed by atoms with E-state index in [1.54, 1.807) is 6.92 Å². The van der Waals surface area contributed by atoms with Crippen molar-refractivity contribution in [2.45, 2.75) is 19.4 Å². The zero-order chi connectivity index (χ0) is 11.9. The van der Waals surface area contributed by atoms with E-state index in [-0.39, 0.29) is 11.3 Å². The second kappa shape index (κ2) is 6.23. The molecule has 1 amide bonds. The van der Waals surface area contributed by atoms with Gasteiger partial charge < -0.3 is 5.11 Å². The van der Waals surface area contributed by atoms with Gasteiger partial charge in [-0.1, -0.05) is 0 Å². The van der Waals surface area contributed by atoms with Crippen LogP contribution in [0.5, 0.6) is 0 Å². The Morgan fingerprint density at radius 2 is 2.20 bits per heavy atom. The number of amides is 1. The summed E-state index contributed by atoms with van der Waals surface area (Å²) in [6, 6.07) is -3.37. The van der Waals surface area contributed by atoms with Gasteiger partial charge in [0.05, 0.1) is 13.0 Å². The number of alkyl halides is 2. The maximum Gasteiger partial charge on any atom is 0.333 e. The Morgan fingerprint density at radius 3 is 2.60 bits per heavy atom. The highest BCUT2D eigenvalue weighted by Gasteiger charge is 2.34. The Bertz CT molecular complexity index is 265. The van der Waals surface area contributed by atoms with E-state index < -0.39 is 19.1 Å². The topological polar surface area (TPSA) is 52.9 Å². The number of halogens is 2. The fourth-order valence-corrected chi connectivity index (χ4v) is 0.748. The minimum Gasteiger partial charge on any atom is -0.396 e. The summed E-state index contributed by atoms with van der Waals surface area (Å²) in [5, 5.41) is 8.40. The molecule has 0 aromatic carbocycles. The molecule has 0 rings (SSSR count). The highest BCUT2D eigenvalue weighted by molar-refractivity contribution is 5.92. The number of hydrogen-bond donors (Lipinski definition) is 1. The van der Waals surface area contributed by atoms with Gasteiger partial charge in [-0.25, -0.2) is 0 Å². The van der Waals surface area contributed by atoms with Crippen LogP contribution in [0.3, 0.4) is 0 Å². The summed E-state index contributed by atoms with van der Waals surface area (Å²) in [6.45, 7) is 0.926. The monoisotopic (exact) mass is 220 g/mol. The number of carbonyl (C=O) groups excluding carboxylic acids is 1. The maximum atomic E-state index is 13.1. The van der Waals surface area contributed by atoms with Gasteiger partial charge in [-0.3, -0.25) is 14.7 Å². The second-order valence-electron chi connectivity index (χ2n) is 2.83. The molecule has 4 nitrogen and oxygen atoms in total. The van der Waals surface area contributed by atoms with E-state index in [0.29, 0.717) is 5.71 Å². The van der Waals surface area contributed by atoms with Crippen molar-refractivity contribution in [3.05, 3.63) is 12.3 Å². The number of aliphatic hydroxyl groups excluding tert-OH is 1. The number of aliphatic imine (C=N–C) groups is 1.